The van der Waals surface area contributed by atoms with E-state index in [4.69, 9.17) is 9.97 Å². The monoisotopic (exact) mass is 372 g/mol. The van der Waals surface area contributed by atoms with Crippen LogP contribution >= 0.6 is 0 Å². The second kappa shape index (κ2) is 7.61. The molecular weight excluding hydrogens is 344 g/mol. The van der Waals surface area contributed by atoms with E-state index in [1.807, 2.05) is 18.2 Å². The topological polar surface area (TPSA) is 32.3 Å². The van der Waals surface area contributed by atoms with Crippen LogP contribution in [0.25, 0.3) is 11.0 Å². The van der Waals surface area contributed by atoms with Crippen molar-refractivity contribution in [2.45, 2.75) is 38.9 Å². The van der Waals surface area contributed by atoms with E-state index < -0.39 is 0 Å². The standard InChI is InChI=1S/C24H28N4/c1-18-24(26-23-10-6-5-9-22(23)25-18)17-27-13-20-11-12-21(16-27)28(15-20)14-19-7-3-2-4-8-19/h2-10,20-21H,11-17H2,1H3/t20-,21+/m0/s1. The third kappa shape index (κ3) is 3.67. The molecule has 144 valence electrons. The lowest BCUT2D eigenvalue weighted by Gasteiger charge is -2.36. The number of aryl methyl sites for hydroxylation is 1. The molecule has 0 saturated carbocycles. The molecule has 0 unspecified atom stereocenters. The summed E-state index contributed by atoms with van der Waals surface area (Å²) in [7, 11) is 0. The summed E-state index contributed by atoms with van der Waals surface area (Å²) in [5, 5.41) is 0. The van der Waals surface area contributed by atoms with Gasteiger partial charge in [-0.05, 0) is 43.4 Å². The Morgan fingerprint density at radius 1 is 0.821 bits per heavy atom. The van der Waals surface area contributed by atoms with Crippen LogP contribution in [0.4, 0.5) is 0 Å². The normalized spacial score (nSPS) is 23.2. The zero-order chi connectivity index (χ0) is 18.9. The van der Waals surface area contributed by atoms with Crippen LogP contribution < -0.4 is 0 Å². The van der Waals surface area contributed by atoms with Crippen molar-refractivity contribution in [3.8, 4) is 0 Å². The molecule has 2 bridgehead atoms. The van der Waals surface area contributed by atoms with Crippen LogP contribution in [0.5, 0.6) is 0 Å². The Kier molecular flexibility index (Phi) is 4.83. The van der Waals surface area contributed by atoms with Crippen molar-refractivity contribution in [3.05, 3.63) is 71.5 Å². The summed E-state index contributed by atoms with van der Waals surface area (Å²) >= 11 is 0. The average molecular weight is 373 g/mol. The molecule has 3 fully saturated rings. The molecular formula is C24H28N4. The molecule has 3 aromatic rings. The van der Waals surface area contributed by atoms with Crippen molar-refractivity contribution in [2.24, 2.45) is 5.92 Å². The van der Waals surface area contributed by atoms with Gasteiger partial charge in [-0.1, -0.05) is 42.5 Å². The summed E-state index contributed by atoms with van der Waals surface area (Å²) in [4.78, 5) is 15.1. The molecule has 0 radical (unpaired) electrons. The maximum atomic E-state index is 4.94. The lowest BCUT2D eigenvalue weighted by atomic mass is 9.94. The first-order valence-electron chi connectivity index (χ1n) is 10.5. The Morgan fingerprint density at radius 3 is 2.39 bits per heavy atom. The smallest absolute Gasteiger partial charge is 0.0890 e. The van der Waals surface area contributed by atoms with Gasteiger partial charge in [0.15, 0.2) is 0 Å². The first-order chi connectivity index (χ1) is 13.7. The highest BCUT2D eigenvalue weighted by atomic mass is 15.3. The Morgan fingerprint density at radius 2 is 1.57 bits per heavy atom. The highest BCUT2D eigenvalue weighted by Crippen LogP contribution is 2.30. The van der Waals surface area contributed by atoms with Gasteiger partial charge in [-0.3, -0.25) is 9.80 Å². The third-order valence-corrected chi connectivity index (χ3v) is 6.35. The maximum Gasteiger partial charge on any atom is 0.0890 e. The van der Waals surface area contributed by atoms with Gasteiger partial charge in [-0.15, -0.1) is 0 Å². The summed E-state index contributed by atoms with van der Waals surface area (Å²) < 4.78 is 0. The zero-order valence-electron chi connectivity index (χ0n) is 16.6. The van der Waals surface area contributed by atoms with E-state index >= 15 is 0 Å². The van der Waals surface area contributed by atoms with Gasteiger partial charge >= 0.3 is 0 Å². The first kappa shape index (κ1) is 17.8. The fourth-order valence-electron chi connectivity index (χ4n) is 4.90. The molecule has 0 N–H and O–H groups in total. The van der Waals surface area contributed by atoms with Crippen LogP contribution in [0.1, 0.15) is 29.8 Å². The van der Waals surface area contributed by atoms with Crippen molar-refractivity contribution in [2.75, 3.05) is 19.6 Å². The number of aromatic nitrogens is 2. The molecule has 3 saturated heterocycles. The molecule has 2 atom stereocenters. The van der Waals surface area contributed by atoms with E-state index in [0.717, 1.165) is 48.0 Å². The molecule has 4 heterocycles. The quantitative estimate of drug-likeness (QED) is 0.692. The van der Waals surface area contributed by atoms with Crippen molar-refractivity contribution < 1.29 is 0 Å². The number of fused-ring (bicyclic) bond motifs is 5. The summed E-state index contributed by atoms with van der Waals surface area (Å²) in [5.74, 6) is 0.760. The fourth-order valence-corrected chi connectivity index (χ4v) is 4.90. The molecule has 0 aliphatic carbocycles. The summed E-state index contributed by atoms with van der Waals surface area (Å²) in [6.45, 7) is 7.62. The predicted molar refractivity (Wildman–Crippen MR) is 113 cm³/mol. The lowest BCUT2D eigenvalue weighted by Crippen LogP contribution is -2.43. The number of benzene rings is 2. The fraction of sp³-hybridized carbons (Fsp3) is 0.417. The van der Waals surface area contributed by atoms with E-state index in [0.29, 0.717) is 6.04 Å². The van der Waals surface area contributed by atoms with Crippen molar-refractivity contribution in [3.63, 3.8) is 0 Å². The predicted octanol–water partition coefficient (Wildman–Crippen LogP) is 4.03. The largest absolute Gasteiger partial charge is 0.296 e. The van der Waals surface area contributed by atoms with Gasteiger partial charge in [0.25, 0.3) is 0 Å². The number of rotatable bonds is 4. The van der Waals surface area contributed by atoms with Gasteiger partial charge in [0.1, 0.15) is 0 Å². The Balaban J connectivity index is 1.33. The van der Waals surface area contributed by atoms with Gasteiger partial charge in [-0.2, -0.15) is 0 Å². The van der Waals surface area contributed by atoms with Crippen LogP contribution in [0.15, 0.2) is 54.6 Å². The molecule has 0 amide bonds. The molecule has 1 aromatic heterocycles. The van der Waals surface area contributed by atoms with Crippen molar-refractivity contribution >= 4 is 11.0 Å². The van der Waals surface area contributed by atoms with Crippen LogP contribution in [0.2, 0.25) is 0 Å². The van der Waals surface area contributed by atoms with Gasteiger partial charge in [0, 0.05) is 38.8 Å². The number of hydrogen-bond donors (Lipinski definition) is 0. The van der Waals surface area contributed by atoms with Gasteiger partial charge in [-0.25, -0.2) is 9.97 Å². The minimum absolute atomic E-state index is 0.646. The second-order valence-electron chi connectivity index (χ2n) is 8.45. The molecule has 0 spiro atoms. The van der Waals surface area contributed by atoms with E-state index in [1.165, 1.54) is 31.5 Å². The minimum Gasteiger partial charge on any atom is -0.296 e. The average Bonchev–Trinajstić information content (AvgIpc) is 3.00. The van der Waals surface area contributed by atoms with E-state index in [2.05, 4.69) is 53.1 Å². The Labute approximate surface area is 167 Å². The summed E-state index contributed by atoms with van der Waals surface area (Å²) in [6.07, 6.45) is 2.67. The lowest BCUT2D eigenvalue weighted by molar-refractivity contribution is 0.123. The van der Waals surface area contributed by atoms with Gasteiger partial charge < -0.3 is 0 Å². The summed E-state index contributed by atoms with van der Waals surface area (Å²) in [6, 6.07) is 19.8. The van der Waals surface area contributed by atoms with Gasteiger partial charge in [0.05, 0.1) is 22.4 Å². The number of nitrogens with zero attached hydrogens (tertiary/aromatic N) is 4. The molecule has 4 nitrogen and oxygen atoms in total. The van der Waals surface area contributed by atoms with Crippen molar-refractivity contribution in [1.82, 2.24) is 19.8 Å². The van der Waals surface area contributed by atoms with E-state index in [1.54, 1.807) is 0 Å². The molecule has 4 heteroatoms. The van der Waals surface area contributed by atoms with Crippen molar-refractivity contribution in [1.29, 1.82) is 0 Å². The second-order valence-corrected chi connectivity index (χ2v) is 8.45. The molecule has 6 rings (SSSR count). The molecule has 28 heavy (non-hydrogen) atoms. The van der Waals surface area contributed by atoms with E-state index in [-0.39, 0.29) is 0 Å². The molecule has 3 aliphatic heterocycles. The van der Waals surface area contributed by atoms with E-state index in [9.17, 15) is 0 Å². The zero-order valence-corrected chi connectivity index (χ0v) is 16.6. The van der Waals surface area contributed by atoms with Crippen LogP contribution in [0.3, 0.4) is 0 Å². The number of para-hydroxylation sites is 2. The Hall–Kier alpha value is -2.30. The highest BCUT2D eigenvalue weighted by Gasteiger charge is 2.34. The third-order valence-electron chi connectivity index (χ3n) is 6.35. The van der Waals surface area contributed by atoms with Crippen LogP contribution in [-0.4, -0.2) is 45.4 Å². The molecule has 2 aromatic carbocycles. The number of piperidine rings is 1. The highest BCUT2D eigenvalue weighted by molar-refractivity contribution is 5.74. The summed E-state index contributed by atoms with van der Waals surface area (Å²) in [5.41, 5.74) is 5.63. The SMILES string of the molecule is Cc1nc2ccccc2nc1CN1C[C@@H]2CC[C@H](C1)N(Cc1ccccc1)C2. The Bertz CT molecular complexity index is 955. The van der Waals surface area contributed by atoms with Crippen LogP contribution in [-0.2, 0) is 13.1 Å². The van der Waals surface area contributed by atoms with Crippen LogP contribution in [0, 0.1) is 12.8 Å². The first-order valence-corrected chi connectivity index (χ1v) is 10.5. The number of hydrogen-bond acceptors (Lipinski definition) is 4. The minimum atomic E-state index is 0.646. The maximum absolute atomic E-state index is 4.94. The van der Waals surface area contributed by atoms with Gasteiger partial charge in [0.2, 0.25) is 0 Å². The molecule has 3 aliphatic rings.